The van der Waals surface area contributed by atoms with Crippen molar-refractivity contribution in [3.05, 3.63) is 64.3 Å². The van der Waals surface area contributed by atoms with E-state index in [4.69, 9.17) is 21.1 Å². The molecule has 8 nitrogen and oxygen atoms in total. The fraction of sp³-hybridized carbons (Fsp3) is 0.273. The van der Waals surface area contributed by atoms with E-state index in [0.717, 1.165) is 4.88 Å². The second-order valence-electron chi connectivity index (χ2n) is 6.89. The Morgan fingerprint density at radius 2 is 2.15 bits per heavy atom. The third-order valence-electron chi connectivity index (χ3n) is 4.38. The summed E-state index contributed by atoms with van der Waals surface area (Å²) in [5.74, 6) is 0.524. The number of carbonyl (C=O) groups is 2. The molecule has 2 aromatic heterocycles. The summed E-state index contributed by atoms with van der Waals surface area (Å²) in [4.78, 5) is 25.4. The average Bonchev–Trinajstić information content (AvgIpc) is 3.35. The van der Waals surface area contributed by atoms with Crippen molar-refractivity contribution in [1.82, 2.24) is 14.8 Å². The van der Waals surface area contributed by atoms with Gasteiger partial charge in [-0.25, -0.2) is 4.79 Å². The number of thiophene rings is 1. The molecular weight excluding hydrogens is 484 g/mol. The minimum Gasteiger partial charge on any atom is -0.483 e. The molecule has 1 N–H and O–H groups in total. The molecule has 0 bridgehead atoms. The molecule has 0 fully saturated rings. The SMILES string of the molecule is C=CCn1c(SCC(=O)Nc2sc(C)cc2C(=O)OC)nnc1C(C)Oc1cccc(Cl)c1. The molecule has 2 heterocycles. The van der Waals surface area contributed by atoms with Crippen molar-refractivity contribution in [2.45, 2.75) is 31.7 Å². The zero-order valence-corrected chi connectivity index (χ0v) is 20.7. The standard InChI is InChI=1S/C22H23ClN4O4S2/c1-5-9-27-19(14(3)31-16-8-6-7-15(23)11-16)25-26-22(27)32-12-18(28)24-20-17(21(29)30-4)10-13(2)33-20/h5-8,10-11,14H,1,9,12H2,2-4H3,(H,24,28). The van der Waals surface area contributed by atoms with E-state index in [9.17, 15) is 9.59 Å². The van der Waals surface area contributed by atoms with Gasteiger partial charge in [0.2, 0.25) is 5.91 Å². The van der Waals surface area contributed by atoms with Crippen molar-refractivity contribution < 1.29 is 19.1 Å². The molecule has 174 valence electrons. The zero-order valence-electron chi connectivity index (χ0n) is 18.3. The minimum absolute atomic E-state index is 0.0797. The van der Waals surface area contributed by atoms with Crippen molar-refractivity contribution in [3.8, 4) is 5.75 Å². The number of amides is 1. The molecule has 3 aromatic rings. The molecule has 1 aromatic carbocycles. The van der Waals surface area contributed by atoms with Crippen LogP contribution in [0.4, 0.5) is 5.00 Å². The first-order valence-electron chi connectivity index (χ1n) is 9.90. The van der Waals surface area contributed by atoms with Crippen LogP contribution in [0.2, 0.25) is 5.02 Å². The van der Waals surface area contributed by atoms with Gasteiger partial charge in [0, 0.05) is 16.4 Å². The van der Waals surface area contributed by atoms with Crippen LogP contribution in [0.15, 0.2) is 48.1 Å². The van der Waals surface area contributed by atoms with Gasteiger partial charge in [-0.1, -0.05) is 35.5 Å². The Kier molecular flexibility index (Phi) is 8.54. The van der Waals surface area contributed by atoms with E-state index < -0.39 is 12.1 Å². The average molecular weight is 507 g/mol. The van der Waals surface area contributed by atoms with Crippen LogP contribution in [-0.4, -0.2) is 39.5 Å². The first-order valence-corrected chi connectivity index (χ1v) is 12.1. The zero-order chi connectivity index (χ0) is 24.0. The van der Waals surface area contributed by atoms with Gasteiger partial charge in [0.05, 0.1) is 18.4 Å². The maximum Gasteiger partial charge on any atom is 0.340 e. The van der Waals surface area contributed by atoms with Gasteiger partial charge in [0.1, 0.15) is 10.8 Å². The van der Waals surface area contributed by atoms with Gasteiger partial charge in [-0.15, -0.1) is 28.1 Å². The van der Waals surface area contributed by atoms with E-state index in [0.29, 0.717) is 38.9 Å². The summed E-state index contributed by atoms with van der Waals surface area (Å²) >= 11 is 8.58. The maximum absolute atomic E-state index is 12.5. The lowest BCUT2D eigenvalue weighted by molar-refractivity contribution is -0.113. The van der Waals surface area contributed by atoms with E-state index in [2.05, 4.69) is 22.1 Å². The number of rotatable bonds is 10. The molecule has 1 amide bonds. The highest BCUT2D eigenvalue weighted by atomic mass is 35.5. The Hall–Kier alpha value is -2.82. The van der Waals surface area contributed by atoms with Crippen LogP contribution in [0.1, 0.15) is 34.1 Å². The number of hydrogen-bond donors (Lipinski definition) is 1. The van der Waals surface area contributed by atoms with Crippen LogP contribution in [0.25, 0.3) is 0 Å². The number of carbonyl (C=O) groups excluding carboxylic acids is 2. The van der Waals surface area contributed by atoms with Crippen LogP contribution in [0.5, 0.6) is 5.75 Å². The highest BCUT2D eigenvalue weighted by molar-refractivity contribution is 7.99. The first-order chi connectivity index (χ1) is 15.8. The van der Waals surface area contributed by atoms with Crippen LogP contribution in [0, 0.1) is 6.92 Å². The number of nitrogens with one attached hydrogen (secondary N) is 1. The second-order valence-corrected chi connectivity index (χ2v) is 9.52. The van der Waals surface area contributed by atoms with Crippen molar-refractivity contribution in [2.75, 3.05) is 18.2 Å². The highest BCUT2D eigenvalue weighted by Gasteiger charge is 2.21. The van der Waals surface area contributed by atoms with E-state index >= 15 is 0 Å². The molecule has 0 aliphatic rings. The molecule has 1 unspecified atom stereocenters. The minimum atomic E-state index is -0.494. The van der Waals surface area contributed by atoms with Crippen molar-refractivity contribution >= 4 is 51.6 Å². The normalized spacial score (nSPS) is 11.6. The number of thioether (sulfide) groups is 1. The summed E-state index contributed by atoms with van der Waals surface area (Å²) in [6.45, 7) is 7.96. The molecule has 0 aliphatic carbocycles. The lowest BCUT2D eigenvalue weighted by atomic mass is 10.3. The topological polar surface area (TPSA) is 95.3 Å². The van der Waals surface area contributed by atoms with Crippen LogP contribution < -0.4 is 10.1 Å². The Bertz CT molecular complexity index is 1160. The number of aryl methyl sites for hydroxylation is 1. The summed E-state index contributed by atoms with van der Waals surface area (Å²) in [6, 6.07) is 8.80. The lowest BCUT2D eigenvalue weighted by Gasteiger charge is -2.16. The Morgan fingerprint density at radius 3 is 2.85 bits per heavy atom. The van der Waals surface area contributed by atoms with Crippen molar-refractivity contribution in [1.29, 1.82) is 0 Å². The summed E-state index contributed by atoms with van der Waals surface area (Å²) in [5, 5.41) is 12.9. The Labute approximate surface area is 204 Å². The predicted octanol–water partition coefficient (Wildman–Crippen LogP) is 5.14. The number of anilines is 1. The fourth-order valence-corrected chi connectivity index (χ4v) is 4.82. The van der Waals surface area contributed by atoms with Gasteiger partial charge in [-0.2, -0.15) is 0 Å². The fourth-order valence-electron chi connectivity index (χ4n) is 2.97. The highest BCUT2D eigenvalue weighted by Crippen LogP contribution is 2.29. The molecule has 0 saturated carbocycles. The van der Waals surface area contributed by atoms with Gasteiger partial charge in [0.15, 0.2) is 17.1 Å². The number of halogens is 1. The monoisotopic (exact) mass is 506 g/mol. The number of esters is 1. The number of hydrogen-bond acceptors (Lipinski definition) is 8. The lowest BCUT2D eigenvalue weighted by Crippen LogP contribution is -2.16. The maximum atomic E-state index is 12.5. The molecule has 0 aliphatic heterocycles. The number of benzene rings is 1. The first kappa shape index (κ1) is 24.8. The summed E-state index contributed by atoms with van der Waals surface area (Å²) < 4.78 is 12.6. The third kappa shape index (κ3) is 6.37. The van der Waals surface area contributed by atoms with E-state index in [1.807, 2.05) is 24.5 Å². The molecule has 0 radical (unpaired) electrons. The van der Waals surface area contributed by atoms with E-state index in [-0.39, 0.29) is 11.7 Å². The Morgan fingerprint density at radius 1 is 1.36 bits per heavy atom. The summed E-state index contributed by atoms with van der Waals surface area (Å²) in [6.07, 6.45) is 1.32. The number of allylic oxidation sites excluding steroid dienone is 1. The molecule has 0 saturated heterocycles. The predicted molar refractivity (Wildman–Crippen MR) is 130 cm³/mol. The van der Waals surface area contributed by atoms with Gasteiger partial charge < -0.3 is 14.8 Å². The molecule has 1 atom stereocenters. The second kappa shape index (κ2) is 11.4. The smallest absolute Gasteiger partial charge is 0.340 e. The van der Waals surface area contributed by atoms with Gasteiger partial charge in [-0.05, 0) is 38.1 Å². The summed E-state index contributed by atoms with van der Waals surface area (Å²) in [7, 11) is 1.30. The Balaban J connectivity index is 1.69. The van der Waals surface area contributed by atoms with E-state index in [1.54, 1.807) is 30.3 Å². The number of methoxy groups -OCH3 is 1. The van der Waals surface area contributed by atoms with Gasteiger partial charge >= 0.3 is 5.97 Å². The van der Waals surface area contributed by atoms with Crippen LogP contribution in [0.3, 0.4) is 0 Å². The van der Waals surface area contributed by atoms with Crippen LogP contribution in [-0.2, 0) is 16.1 Å². The quantitative estimate of drug-likeness (QED) is 0.231. The van der Waals surface area contributed by atoms with E-state index in [1.165, 1.54) is 30.2 Å². The molecule has 33 heavy (non-hydrogen) atoms. The molecular formula is C22H23ClN4O4S2. The van der Waals surface area contributed by atoms with Crippen molar-refractivity contribution in [2.24, 2.45) is 0 Å². The van der Waals surface area contributed by atoms with Crippen LogP contribution >= 0.6 is 34.7 Å². The third-order valence-corrected chi connectivity index (χ3v) is 6.54. The number of ether oxygens (including phenoxy) is 2. The molecule has 3 rings (SSSR count). The number of nitrogens with zero attached hydrogens (tertiary/aromatic N) is 3. The van der Waals surface area contributed by atoms with Gasteiger partial charge in [-0.3, -0.25) is 9.36 Å². The number of aromatic nitrogens is 3. The van der Waals surface area contributed by atoms with Gasteiger partial charge in [0.25, 0.3) is 0 Å². The summed E-state index contributed by atoms with van der Waals surface area (Å²) in [5.41, 5.74) is 0.336. The molecule has 11 heteroatoms. The largest absolute Gasteiger partial charge is 0.483 e. The molecule has 0 spiro atoms. The van der Waals surface area contributed by atoms with Crippen molar-refractivity contribution in [3.63, 3.8) is 0 Å².